The molecule has 0 spiro atoms. The lowest BCUT2D eigenvalue weighted by Gasteiger charge is -2.06. The van der Waals surface area contributed by atoms with E-state index in [0.717, 1.165) is 18.7 Å². The molecule has 0 saturated carbocycles. The Morgan fingerprint density at radius 1 is 0.778 bits per heavy atom. The molecular formula is C14H16BNO2. The Bertz CT molecular complexity index is 471. The molecule has 92 valence electrons. The fourth-order valence-electron chi connectivity index (χ4n) is 1.75. The normalized spacial score (nSPS) is 10.3. The number of rotatable bonds is 5. The van der Waals surface area contributed by atoms with Crippen LogP contribution in [0.25, 0.3) is 0 Å². The van der Waals surface area contributed by atoms with Gasteiger partial charge in [0.1, 0.15) is 0 Å². The van der Waals surface area contributed by atoms with Gasteiger partial charge in [0.2, 0.25) is 0 Å². The van der Waals surface area contributed by atoms with E-state index in [1.165, 1.54) is 5.56 Å². The van der Waals surface area contributed by atoms with Crippen molar-refractivity contribution in [3.63, 3.8) is 0 Å². The molecule has 0 radical (unpaired) electrons. The van der Waals surface area contributed by atoms with Gasteiger partial charge in [-0.05, 0) is 16.6 Å². The van der Waals surface area contributed by atoms with Crippen LogP contribution >= 0.6 is 0 Å². The van der Waals surface area contributed by atoms with Crippen LogP contribution in [0.1, 0.15) is 11.1 Å². The second-order valence-electron chi connectivity index (χ2n) is 4.20. The molecule has 0 heterocycles. The third-order valence-electron chi connectivity index (χ3n) is 2.78. The zero-order valence-electron chi connectivity index (χ0n) is 10.1. The van der Waals surface area contributed by atoms with Crippen molar-refractivity contribution in [1.82, 2.24) is 5.32 Å². The molecule has 2 aromatic rings. The number of hydrogen-bond acceptors (Lipinski definition) is 3. The minimum absolute atomic E-state index is 0.516. The van der Waals surface area contributed by atoms with Gasteiger partial charge in [-0.1, -0.05) is 54.6 Å². The summed E-state index contributed by atoms with van der Waals surface area (Å²) < 4.78 is 0. The van der Waals surface area contributed by atoms with E-state index >= 15 is 0 Å². The summed E-state index contributed by atoms with van der Waals surface area (Å²) in [5.74, 6) is 0. The standard InChI is InChI=1S/C14H16BNO2/c17-15(18)14-8-6-13(7-9-14)11-16-10-12-4-2-1-3-5-12/h1-9,16-18H,10-11H2. The van der Waals surface area contributed by atoms with Gasteiger partial charge in [-0.15, -0.1) is 0 Å². The minimum Gasteiger partial charge on any atom is -0.423 e. The highest BCUT2D eigenvalue weighted by Crippen LogP contribution is 2.00. The van der Waals surface area contributed by atoms with E-state index in [0.29, 0.717) is 5.46 Å². The van der Waals surface area contributed by atoms with Gasteiger partial charge in [0.15, 0.2) is 0 Å². The van der Waals surface area contributed by atoms with E-state index in [9.17, 15) is 0 Å². The quantitative estimate of drug-likeness (QED) is 0.674. The molecule has 2 aromatic carbocycles. The van der Waals surface area contributed by atoms with Crippen molar-refractivity contribution < 1.29 is 10.0 Å². The lowest BCUT2D eigenvalue weighted by molar-refractivity contribution is 0.426. The smallest absolute Gasteiger partial charge is 0.423 e. The van der Waals surface area contributed by atoms with E-state index in [1.54, 1.807) is 12.1 Å². The zero-order valence-corrected chi connectivity index (χ0v) is 10.1. The van der Waals surface area contributed by atoms with E-state index in [2.05, 4.69) is 17.4 Å². The van der Waals surface area contributed by atoms with Gasteiger partial charge in [0, 0.05) is 13.1 Å². The average Bonchev–Trinajstić information content (AvgIpc) is 2.40. The number of hydrogen-bond donors (Lipinski definition) is 3. The molecule has 0 aliphatic heterocycles. The first-order valence-electron chi connectivity index (χ1n) is 5.95. The fraction of sp³-hybridized carbons (Fsp3) is 0.143. The molecule has 0 unspecified atom stereocenters. The SMILES string of the molecule is OB(O)c1ccc(CNCc2ccccc2)cc1. The van der Waals surface area contributed by atoms with Gasteiger partial charge < -0.3 is 15.4 Å². The maximum atomic E-state index is 8.98. The predicted octanol–water partition coefficient (Wildman–Crippen LogP) is 0.656. The largest absolute Gasteiger partial charge is 0.488 e. The van der Waals surface area contributed by atoms with Crippen LogP contribution in [-0.2, 0) is 13.1 Å². The van der Waals surface area contributed by atoms with E-state index in [4.69, 9.17) is 10.0 Å². The summed E-state index contributed by atoms with van der Waals surface area (Å²) in [7, 11) is -1.39. The molecule has 3 nitrogen and oxygen atoms in total. The average molecular weight is 241 g/mol. The van der Waals surface area contributed by atoms with Gasteiger partial charge in [0.05, 0.1) is 0 Å². The molecule has 0 bridgehead atoms. The van der Waals surface area contributed by atoms with E-state index < -0.39 is 7.12 Å². The monoisotopic (exact) mass is 241 g/mol. The summed E-state index contributed by atoms with van der Waals surface area (Å²) in [6, 6.07) is 17.5. The fourth-order valence-corrected chi connectivity index (χ4v) is 1.75. The number of benzene rings is 2. The van der Waals surface area contributed by atoms with Crippen molar-refractivity contribution in [3.05, 3.63) is 65.7 Å². The lowest BCUT2D eigenvalue weighted by Crippen LogP contribution is -2.29. The van der Waals surface area contributed by atoms with Gasteiger partial charge in [-0.2, -0.15) is 0 Å². The molecule has 18 heavy (non-hydrogen) atoms. The molecule has 0 fully saturated rings. The van der Waals surface area contributed by atoms with Crippen molar-refractivity contribution in [1.29, 1.82) is 0 Å². The highest BCUT2D eigenvalue weighted by Gasteiger charge is 2.09. The summed E-state index contributed by atoms with van der Waals surface area (Å²) in [6.45, 7) is 1.59. The summed E-state index contributed by atoms with van der Waals surface area (Å²) in [4.78, 5) is 0. The maximum Gasteiger partial charge on any atom is 0.488 e. The van der Waals surface area contributed by atoms with Crippen LogP contribution < -0.4 is 10.8 Å². The molecule has 0 aliphatic carbocycles. The van der Waals surface area contributed by atoms with Crippen molar-refractivity contribution in [3.8, 4) is 0 Å². The van der Waals surface area contributed by atoms with Crippen LogP contribution in [0.15, 0.2) is 54.6 Å². The van der Waals surface area contributed by atoms with Crippen molar-refractivity contribution in [2.75, 3.05) is 0 Å². The maximum absolute atomic E-state index is 8.98. The van der Waals surface area contributed by atoms with E-state index in [1.807, 2.05) is 30.3 Å². The van der Waals surface area contributed by atoms with E-state index in [-0.39, 0.29) is 0 Å². The Balaban J connectivity index is 1.83. The first-order valence-corrected chi connectivity index (χ1v) is 5.95. The predicted molar refractivity (Wildman–Crippen MR) is 73.3 cm³/mol. The van der Waals surface area contributed by atoms with Crippen LogP contribution in [0.3, 0.4) is 0 Å². The molecule has 2 rings (SSSR count). The second-order valence-corrected chi connectivity index (χ2v) is 4.20. The molecule has 0 atom stereocenters. The topological polar surface area (TPSA) is 52.5 Å². The molecule has 0 aromatic heterocycles. The Hall–Kier alpha value is -1.62. The molecule has 0 aliphatic rings. The minimum atomic E-state index is -1.39. The highest BCUT2D eigenvalue weighted by atomic mass is 16.4. The molecule has 4 heteroatoms. The number of nitrogens with one attached hydrogen (secondary N) is 1. The highest BCUT2D eigenvalue weighted by molar-refractivity contribution is 6.58. The van der Waals surface area contributed by atoms with Crippen LogP contribution in [0.4, 0.5) is 0 Å². The summed E-state index contributed by atoms with van der Waals surface area (Å²) in [6.07, 6.45) is 0. The molecule has 0 amide bonds. The van der Waals surface area contributed by atoms with Crippen LogP contribution in [0.2, 0.25) is 0 Å². The van der Waals surface area contributed by atoms with Crippen molar-refractivity contribution >= 4 is 12.6 Å². The third-order valence-corrected chi connectivity index (χ3v) is 2.78. The summed E-state index contributed by atoms with van der Waals surface area (Å²) in [5, 5.41) is 21.3. The van der Waals surface area contributed by atoms with Crippen LogP contribution in [-0.4, -0.2) is 17.2 Å². The van der Waals surface area contributed by atoms with Crippen molar-refractivity contribution in [2.45, 2.75) is 13.1 Å². The lowest BCUT2D eigenvalue weighted by atomic mass is 9.80. The Labute approximate surface area is 107 Å². The van der Waals surface area contributed by atoms with Crippen LogP contribution in [0, 0.1) is 0 Å². The van der Waals surface area contributed by atoms with Gasteiger partial charge in [-0.25, -0.2) is 0 Å². The molecule has 3 N–H and O–H groups in total. The molecular weight excluding hydrogens is 225 g/mol. The molecule has 0 saturated heterocycles. The van der Waals surface area contributed by atoms with Gasteiger partial charge in [0.25, 0.3) is 0 Å². The Kier molecular flexibility index (Phi) is 4.53. The Morgan fingerprint density at radius 3 is 1.89 bits per heavy atom. The third kappa shape index (κ3) is 3.70. The van der Waals surface area contributed by atoms with Gasteiger partial charge >= 0.3 is 7.12 Å². The summed E-state index contributed by atoms with van der Waals surface area (Å²) >= 11 is 0. The van der Waals surface area contributed by atoms with Crippen molar-refractivity contribution in [2.24, 2.45) is 0 Å². The first kappa shape index (κ1) is 12.8. The summed E-state index contributed by atoms with van der Waals surface area (Å²) in [5.41, 5.74) is 2.89. The first-order chi connectivity index (χ1) is 8.75. The Morgan fingerprint density at radius 2 is 1.33 bits per heavy atom. The second kappa shape index (κ2) is 6.35. The zero-order chi connectivity index (χ0) is 12.8. The van der Waals surface area contributed by atoms with Gasteiger partial charge in [-0.3, -0.25) is 0 Å². The van der Waals surface area contributed by atoms with Crippen LogP contribution in [0.5, 0.6) is 0 Å².